The number of carbonyl (C=O) groups excluding carboxylic acids is 2. The lowest BCUT2D eigenvalue weighted by Crippen LogP contribution is -2.45. The van der Waals surface area contributed by atoms with Crippen molar-refractivity contribution in [3.63, 3.8) is 0 Å². The number of methoxy groups -OCH3 is 1. The molecule has 0 saturated heterocycles. The van der Waals surface area contributed by atoms with E-state index < -0.39 is 11.8 Å². The quantitative estimate of drug-likeness (QED) is 0.436. The van der Waals surface area contributed by atoms with Crippen LogP contribution in [0, 0.1) is 18.6 Å². The van der Waals surface area contributed by atoms with E-state index in [-0.39, 0.29) is 43.7 Å². The van der Waals surface area contributed by atoms with Crippen LogP contribution in [0.1, 0.15) is 16.0 Å². The Morgan fingerprint density at radius 1 is 1.00 bits per heavy atom. The molecule has 0 saturated carbocycles. The van der Waals surface area contributed by atoms with Gasteiger partial charge in [0.15, 0.2) is 0 Å². The molecule has 0 fully saturated rings. The minimum Gasteiger partial charge on any atom is -0.383 e. The number of para-hydroxylation sites is 1. The third kappa shape index (κ3) is 7.10. The van der Waals surface area contributed by atoms with E-state index in [1.807, 2.05) is 18.4 Å². The average Bonchev–Trinajstić information content (AvgIpc) is 3.23. The molecule has 0 unspecified atom stereocenters. The molecule has 3 amide bonds. The van der Waals surface area contributed by atoms with Crippen molar-refractivity contribution in [3.05, 3.63) is 87.6 Å². The fourth-order valence-corrected chi connectivity index (χ4v) is 4.18. The van der Waals surface area contributed by atoms with Crippen molar-refractivity contribution in [2.24, 2.45) is 0 Å². The van der Waals surface area contributed by atoms with E-state index in [0.29, 0.717) is 6.54 Å². The molecule has 6 nitrogen and oxygen atoms in total. The largest absolute Gasteiger partial charge is 0.383 e. The van der Waals surface area contributed by atoms with Crippen molar-refractivity contribution >= 4 is 29.0 Å². The van der Waals surface area contributed by atoms with E-state index in [9.17, 15) is 18.4 Å². The van der Waals surface area contributed by atoms with E-state index in [1.165, 1.54) is 42.3 Å². The van der Waals surface area contributed by atoms with Gasteiger partial charge < -0.3 is 19.9 Å². The van der Waals surface area contributed by atoms with Gasteiger partial charge in [0.2, 0.25) is 5.91 Å². The molecule has 3 rings (SSSR count). The Morgan fingerprint density at radius 2 is 1.74 bits per heavy atom. The molecule has 0 aliphatic heterocycles. The standard InChI is InChI=1S/C25H27F2N3O3S/c1-18-11-14-34-23(18)16-30(15-19-7-9-20(26)10-8-19)24(31)17-29(12-13-33-2)25(32)28-22-6-4-3-5-21(22)27/h3-11,14H,12-13,15-17H2,1-2H3,(H,28,32). The molecule has 34 heavy (non-hydrogen) atoms. The molecule has 1 N–H and O–H groups in total. The first-order valence-corrected chi connectivity index (χ1v) is 11.6. The number of carbonyl (C=O) groups is 2. The van der Waals surface area contributed by atoms with Gasteiger partial charge in [-0.2, -0.15) is 0 Å². The third-order valence-corrected chi connectivity index (χ3v) is 6.24. The van der Waals surface area contributed by atoms with Gasteiger partial charge in [-0.05, 0) is 53.8 Å². The SMILES string of the molecule is COCCN(CC(=O)N(Cc1ccc(F)cc1)Cc1sccc1C)C(=O)Nc1ccccc1F. The van der Waals surface area contributed by atoms with Crippen molar-refractivity contribution in [2.75, 3.05) is 32.1 Å². The molecule has 2 aromatic carbocycles. The summed E-state index contributed by atoms with van der Waals surface area (Å²) in [5.41, 5.74) is 1.86. The topological polar surface area (TPSA) is 61.9 Å². The zero-order chi connectivity index (χ0) is 24.5. The van der Waals surface area contributed by atoms with Crippen LogP contribution in [0.2, 0.25) is 0 Å². The summed E-state index contributed by atoms with van der Waals surface area (Å²) in [6.45, 7) is 2.70. The Bertz CT molecular complexity index is 1100. The fourth-order valence-electron chi connectivity index (χ4n) is 3.26. The number of nitrogens with one attached hydrogen (secondary N) is 1. The van der Waals surface area contributed by atoms with E-state index in [2.05, 4.69) is 5.32 Å². The second-order valence-corrected chi connectivity index (χ2v) is 8.73. The summed E-state index contributed by atoms with van der Waals surface area (Å²) in [4.78, 5) is 30.2. The number of nitrogens with zero attached hydrogens (tertiary/aromatic N) is 2. The highest BCUT2D eigenvalue weighted by Crippen LogP contribution is 2.20. The number of rotatable bonds is 10. The molecule has 0 aliphatic carbocycles. The zero-order valence-electron chi connectivity index (χ0n) is 19.1. The highest BCUT2D eigenvalue weighted by atomic mass is 32.1. The van der Waals surface area contributed by atoms with Crippen LogP contribution < -0.4 is 5.32 Å². The first kappa shape index (κ1) is 25.3. The van der Waals surface area contributed by atoms with Crippen LogP contribution in [0.15, 0.2) is 60.0 Å². The van der Waals surface area contributed by atoms with Gasteiger partial charge >= 0.3 is 6.03 Å². The van der Waals surface area contributed by atoms with Crippen LogP contribution in [0.4, 0.5) is 19.3 Å². The highest BCUT2D eigenvalue weighted by Gasteiger charge is 2.23. The lowest BCUT2D eigenvalue weighted by molar-refractivity contribution is -0.133. The van der Waals surface area contributed by atoms with Gasteiger partial charge in [-0.1, -0.05) is 24.3 Å². The van der Waals surface area contributed by atoms with E-state index >= 15 is 0 Å². The number of benzene rings is 2. The highest BCUT2D eigenvalue weighted by molar-refractivity contribution is 7.10. The molecule has 1 aromatic heterocycles. The number of hydrogen-bond acceptors (Lipinski definition) is 4. The van der Waals surface area contributed by atoms with Gasteiger partial charge in [-0.25, -0.2) is 13.6 Å². The maximum Gasteiger partial charge on any atom is 0.322 e. The number of aryl methyl sites for hydroxylation is 1. The second kappa shape index (κ2) is 12.2. The maximum atomic E-state index is 14.0. The van der Waals surface area contributed by atoms with Crippen LogP contribution in [0.3, 0.4) is 0 Å². The molecule has 0 aliphatic rings. The molecule has 1 heterocycles. The Balaban J connectivity index is 1.78. The Morgan fingerprint density at radius 3 is 2.38 bits per heavy atom. The molecule has 180 valence electrons. The van der Waals surface area contributed by atoms with Gasteiger partial charge in [0.1, 0.15) is 18.2 Å². The third-order valence-electron chi connectivity index (χ3n) is 5.24. The normalized spacial score (nSPS) is 10.7. The molecule has 9 heteroatoms. The number of anilines is 1. The van der Waals surface area contributed by atoms with Crippen molar-refractivity contribution < 1.29 is 23.1 Å². The molecular formula is C25H27F2N3O3S. The van der Waals surface area contributed by atoms with Crippen molar-refractivity contribution in [2.45, 2.75) is 20.0 Å². The van der Waals surface area contributed by atoms with Crippen molar-refractivity contribution in [1.29, 1.82) is 0 Å². The lowest BCUT2D eigenvalue weighted by Gasteiger charge is -2.28. The smallest absolute Gasteiger partial charge is 0.322 e. The number of urea groups is 1. The van der Waals surface area contributed by atoms with Gasteiger partial charge in [-0.15, -0.1) is 11.3 Å². The van der Waals surface area contributed by atoms with E-state index in [4.69, 9.17) is 4.74 Å². The predicted molar refractivity (Wildman–Crippen MR) is 129 cm³/mol. The summed E-state index contributed by atoms with van der Waals surface area (Å²) < 4.78 is 32.5. The molecule has 3 aromatic rings. The van der Waals surface area contributed by atoms with Crippen LogP contribution in [0.5, 0.6) is 0 Å². The molecule has 0 spiro atoms. The van der Waals surface area contributed by atoms with Crippen molar-refractivity contribution in [3.8, 4) is 0 Å². The monoisotopic (exact) mass is 487 g/mol. The van der Waals surface area contributed by atoms with Gasteiger partial charge in [0, 0.05) is 25.1 Å². The summed E-state index contributed by atoms with van der Waals surface area (Å²) in [7, 11) is 1.50. The zero-order valence-corrected chi connectivity index (χ0v) is 19.9. The molecule has 0 atom stereocenters. The average molecular weight is 488 g/mol. The Hall–Kier alpha value is -3.30. The number of ether oxygens (including phenoxy) is 1. The van der Waals surface area contributed by atoms with Gasteiger partial charge in [0.25, 0.3) is 0 Å². The van der Waals surface area contributed by atoms with Crippen LogP contribution in [-0.2, 0) is 22.6 Å². The number of amides is 3. The van der Waals surface area contributed by atoms with Gasteiger partial charge in [-0.3, -0.25) is 4.79 Å². The minimum absolute atomic E-state index is 0.0275. The lowest BCUT2D eigenvalue weighted by atomic mass is 10.2. The molecular weight excluding hydrogens is 460 g/mol. The first-order valence-electron chi connectivity index (χ1n) is 10.7. The Kier molecular flexibility index (Phi) is 9.12. The fraction of sp³-hybridized carbons (Fsp3) is 0.280. The summed E-state index contributed by atoms with van der Waals surface area (Å²) in [6, 6.07) is 13.2. The van der Waals surface area contributed by atoms with Gasteiger partial charge in [0.05, 0.1) is 18.8 Å². The minimum atomic E-state index is -0.607. The van der Waals surface area contributed by atoms with Crippen LogP contribution in [-0.4, -0.2) is 48.5 Å². The van der Waals surface area contributed by atoms with Crippen LogP contribution in [0.25, 0.3) is 0 Å². The number of halogens is 2. The number of hydrogen-bond donors (Lipinski definition) is 1. The first-order chi connectivity index (χ1) is 16.4. The number of thiophene rings is 1. The van der Waals surface area contributed by atoms with Crippen LogP contribution >= 0.6 is 11.3 Å². The predicted octanol–water partition coefficient (Wildman–Crippen LogP) is 5.04. The molecule has 0 radical (unpaired) electrons. The summed E-state index contributed by atoms with van der Waals surface area (Å²) in [5, 5.41) is 4.48. The second-order valence-electron chi connectivity index (χ2n) is 7.73. The summed E-state index contributed by atoms with van der Waals surface area (Å²) in [6.07, 6.45) is 0. The molecule has 0 bridgehead atoms. The van der Waals surface area contributed by atoms with E-state index in [0.717, 1.165) is 16.0 Å². The Labute approximate surface area is 201 Å². The van der Waals surface area contributed by atoms with Crippen molar-refractivity contribution in [1.82, 2.24) is 9.80 Å². The van der Waals surface area contributed by atoms with E-state index in [1.54, 1.807) is 34.4 Å². The summed E-state index contributed by atoms with van der Waals surface area (Å²) in [5.74, 6) is -1.22. The summed E-state index contributed by atoms with van der Waals surface area (Å²) >= 11 is 1.54. The maximum absolute atomic E-state index is 14.0.